The second-order valence-corrected chi connectivity index (χ2v) is 5.98. The lowest BCUT2D eigenvalue weighted by molar-refractivity contribution is 0.306. The smallest absolute Gasteiger partial charge is 0.141 e. The minimum atomic E-state index is 0.0713. The molecule has 1 unspecified atom stereocenters. The van der Waals surface area contributed by atoms with Crippen LogP contribution in [0, 0.1) is 5.92 Å². The van der Waals surface area contributed by atoms with E-state index < -0.39 is 0 Å². The highest BCUT2D eigenvalue weighted by Gasteiger charge is 2.26. The first-order chi connectivity index (χ1) is 10.1. The van der Waals surface area contributed by atoms with E-state index >= 15 is 0 Å². The van der Waals surface area contributed by atoms with Gasteiger partial charge in [0.1, 0.15) is 16.0 Å². The zero-order chi connectivity index (χ0) is 15.8. The van der Waals surface area contributed by atoms with Gasteiger partial charge >= 0.3 is 0 Å². The van der Waals surface area contributed by atoms with Crippen LogP contribution in [-0.4, -0.2) is 14.2 Å². The summed E-state index contributed by atoms with van der Waals surface area (Å²) >= 11 is 3.56. The molecule has 0 aliphatic heterocycles. The Morgan fingerprint density at radius 1 is 1.14 bits per heavy atom. The van der Waals surface area contributed by atoms with Gasteiger partial charge in [-0.2, -0.15) is 0 Å². The van der Waals surface area contributed by atoms with Gasteiger partial charge in [0, 0.05) is 5.56 Å². The Morgan fingerprint density at radius 2 is 1.76 bits per heavy atom. The monoisotopic (exact) mass is 358 g/mol. The minimum Gasteiger partial charge on any atom is -0.495 e. The van der Waals surface area contributed by atoms with Crippen molar-refractivity contribution in [1.82, 2.24) is 5.43 Å². The molecule has 0 bridgehead atoms. The topological polar surface area (TPSA) is 56.5 Å². The van der Waals surface area contributed by atoms with Gasteiger partial charge < -0.3 is 9.47 Å². The van der Waals surface area contributed by atoms with Crippen LogP contribution >= 0.6 is 15.9 Å². The average Bonchev–Trinajstić information content (AvgIpc) is 2.49. The fourth-order valence-electron chi connectivity index (χ4n) is 2.86. The second kappa shape index (κ2) is 9.28. The van der Waals surface area contributed by atoms with Crippen molar-refractivity contribution < 1.29 is 9.47 Å². The summed E-state index contributed by atoms with van der Waals surface area (Å²) in [6, 6.07) is 4.05. The Bertz CT molecular complexity index is 435. The lowest BCUT2D eigenvalue weighted by atomic mass is 9.86. The molecule has 1 aromatic carbocycles. The van der Waals surface area contributed by atoms with Crippen LogP contribution < -0.4 is 20.7 Å². The average molecular weight is 359 g/mol. The van der Waals surface area contributed by atoms with Crippen LogP contribution in [0.25, 0.3) is 0 Å². The van der Waals surface area contributed by atoms with Crippen molar-refractivity contribution in [3.8, 4) is 11.5 Å². The maximum Gasteiger partial charge on any atom is 0.141 e. The fourth-order valence-corrected chi connectivity index (χ4v) is 3.55. The van der Waals surface area contributed by atoms with Gasteiger partial charge in [-0.05, 0) is 46.8 Å². The summed E-state index contributed by atoms with van der Waals surface area (Å²) in [6.07, 6.45) is 4.55. The number of ether oxygens (including phenoxy) is 2. The van der Waals surface area contributed by atoms with E-state index in [0.29, 0.717) is 5.92 Å². The summed E-state index contributed by atoms with van der Waals surface area (Å²) in [4.78, 5) is 0. The highest BCUT2D eigenvalue weighted by Crippen LogP contribution is 2.42. The van der Waals surface area contributed by atoms with E-state index in [4.69, 9.17) is 15.3 Å². The molecule has 0 aromatic heterocycles. The van der Waals surface area contributed by atoms with Gasteiger partial charge in [0.15, 0.2) is 0 Å². The summed E-state index contributed by atoms with van der Waals surface area (Å²) in [5, 5.41) is 0. The van der Waals surface area contributed by atoms with Crippen molar-refractivity contribution >= 4 is 15.9 Å². The largest absolute Gasteiger partial charge is 0.495 e. The Balaban J connectivity index is 3.23. The van der Waals surface area contributed by atoms with Crippen molar-refractivity contribution in [2.45, 2.75) is 45.6 Å². The molecule has 0 amide bonds. The van der Waals surface area contributed by atoms with Gasteiger partial charge in [0.2, 0.25) is 0 Å². The van der Waals surface area contributed by atoms with Crippen LogP contribution in [0.1, 0.15) is 51.1 Å². The lowest BCUT2D eigenvalue weighted by Gasteiger charge is -2.28. The van der Waals surface area contributed by atoms with Crippen LogP contribution in [0.2, 0.25) is 0 Å². The molecule has 5 heteroatoms. The third kappa shape index (κ3) is 4.34. The molecule has 0 aliphatic rings. The van der Waals surface area contributed by atoms with Crippen molar-refractivity contribution in [3.63, 3.8) is 0 Å². The summed E-state index contributed by atoms with van der Waals surface area (Å²) in [7, 11) is 3.32. The standard InChI is InChI=1S/C16H27BrN2O2/c1-5-7-11(8-6-2)15(19-18)12-9-10-13(20-3)14(17)16(12)21-4/h9-11,15,19H,5-8,18H2,1-4H3. The van der Waals surface area contributed by atoms with Crippen LogP contribution in [0.15, 0.2) is 16.6 Å². The SMILES string of the molecule is CCCC(CCC)C(NN)c1ccc(OC)c(Br)c1OC. The molecule has 1 atom stereocenters. The van der Waals surface area contributed by atoms with Crippen molar-refractivity contribution in [2.24, 2.45) is 11.8 Å². The number of nitrogens with one attached hydrogen (secondary N) is 1. The number of hydrogen-bond donors (Lipinski definition) is 2. The third-order valence-corrected chi connectivity index (χ3v) is 4.57. The lowest BCUT2D eigenvalue weighted by Crippen LogP contribution is -2.34. The molecular formula is C16H27BrN2O2. The van der Waals surface area contributed by atoms with E-state index in [1.165, 1.54) is 0 Å². The van der Waals surface area contributed by atoms with Crippen molar-refractivity contribution in [1.29, 1.82) is 0 Å². The molecule has 1 rings (SSSR count). The quantitative estimate of drug-likeness (QED) is 0.513. The van der Waals surface area contributed by atoms with E-state index in [1.54, 1.807) is 14.2 Å². The number of methoxy groups -OCH3 is 2. The summed E-state index contributed by atoms with van der Waals surface area (Å²) in [5.74, 6) is 7.89. The predicted octanol–water partition coefficient (Wildman–Crippen LogP) is 4.19. The van der Waals surface area contributed by atoms with Crippen molar-refractivity contribution in [2.75, 3.05) is 14.2 Å². The first-order valence-corrected chi connectivity index (χ1v) is 8.30. The molecule has 0 fully saturated rings. The Hall–Kier alpha value is -0.780. The molecule has 0 saturated heterocycles. The first-order valence-electron chi connectivity index (χ1n) is 7.50. The van der Waals surface area contributed by atoms with E-state index in [-0.39, 0.29) is 6.04 Å². The molecular weight excluding hydrogens is 332 g/mol. The Morgan fingerprint density at radius 3 is 2.19 bits per heavy atom. The zero-order valence-electron chi connectivity index (χ0n) is 13.4. The molecule has 4 nitrogen and oxygen atoms in total. The second-order valence-electron chi connectivity index (χ2n) is 5.19. The van der Waals surface area contributed by atoms with E-state index in [0.717, 1.165) is 47.2 Å². The van der Waals surface area contributed by atoms with Crippen LogP contribution in [0.4, 0.5) is 0 Å². The van der Waals surface area contributed by atoms with Gasteiger partial charge in [-0.1, -0.05) is 26.7 Å². The number of halogens is 1. The predicted molar refractivity (Wildman–Crippen MR) is 90.6 cm³/mol. The molecule has 0 spiro atoms. The molecule has 120 valence electrons. The normalized spacial score (nSPS) is 12.5. The van der Waals surface area contributed by atoms with E-state index in [9.17, 15) is 0 Å². The van der Waals surface area contributed by atoms with Crippen LogP contribution in [-0.2, 0) is 0 Å². The summed E-state index contributed by atoms with van der Waals surface area (Å²) in [6.45, 7) is 4.41. The van der Waals surface area contributed by atoms with Gasteiger partial charge in [0.05, 0.1) is 20.3 Å². The fraction of sp³-hybridized carbons (Fsp3) is 0.625. The maximum atomic E-state index is 5.86. The number of rotatable bonds is 9. The molecule has 0 aliphatic carbocycles. The number of hydrazine groups is 1. The summed E-state index contributed by atoms with van der Waals surface area (Å²) < 4.78 is 11.7. The highest BCUT2D eigenvalue weighted by molar-refractivity contribution is 9.10. The molecule has 1 aromatic rings. The van der Waals surface area contributed by atoms with E-state index in [1.807, 2.05) is 12.1 Å². The highest BCUT2D eigenvalue weighted by atomic mass is 79.9. The van der Waals surface area contributed by atoms with Gasteiger partial charge in [-0.15, -0.1) is 0 Å². The van der Waals surface area contributed by atoms with Gasteiger partial charge in [0.25, 0.3) is 0 Å². The minimum absolute atomic E-state index is 0.0713. The first kappa shape index (κ1) is 18.3. The van der Waals surface area contributed by atoms with Crippen molar-refractivity contribution in [3.05, 3.63) is 22.2 Å². The number of nitrogens with two attached hydrogens (primary N) is 1. The van der Waals surface area contributed by atoms with Gasteiger partial charge in [-0.3, -0.25) is 11.3 Å². The third-order valence-electron chi connectivity index (χ3n) is 3.82. The molecule has 3 N–H and O–H groups in total. The van der Waals surface area contributed by atoms with Crippen LogP contribution in [0.5, 0.6) is 11.5 Å². The van der Waals surface area contributed by atoms with E-state index in [2.05, 4.69) is 35.2 Å². The number of benzene rings is 1. The molecule has 0 saturated carbocycles. The molecule has 21 heavy (non-hydrogen) atoms. The maximum absolute atomic E-state index is 5.86. The molecule has 0 radical (unpaired) electrons. The zero-order valence-corrected chi connectivity index (χ0v) is 15.0. The summed E-state index contributed by atoms with van der Waals surface area (Å²) in [5.41, 5.74) is 4.05. The van der Waals surface area contributed by atoms with Gasteiger partial charge in [-0.25, -0.2) is 0 Å². The Kier molecular flexibility index (Phi) is 8.07. The van der Waals surface area contributed by atoms with Crippen LogP contribution in [0.3, 0.4) is 0 Å². The number of hydrogen-bond acceptors (Lipinski definition) is 4. The Labute approximate surface area is 136 Å². The molecule has 0 heterocycles.